The summed E-state index contributed by atoms with van der Waals surface area (Å²) >= 11 is 0. The van der Waals surface area contributed by atoms with Gasteiger partial charge in [-0.05, 0) is 36.3 Å². The zero-order valence-electron chi connectivity index (χ0n) is 13.7. The third kappa shape index (κ3) is 5.35. The number of carbonyl (C=O) groups is 2. The molecule has 2 rings (SSSR count). The first-order valence-corrected chi connectivity index (χ1v) is 7.97. The molecular weight excluding hydrogens is 302 g/mol. The van der Waals surface area contributed by atoms with Crippen LogP contribution in [0.5, 0.6) is 0 Å². The number of nitrogens with one attached hydrogen (secondary N) is 2. The fraction of sp³-hybridized carbons (Fsp3) is 0.211. The van der Waals surface area contributed by atoms with Crippen LogP contribution in [0.3, 0.4) is 0 Å². The summed E-state index contributed by atoms with van der Waals surface area (Å²) in [6.07, 6.45) is 6.78. The summed E-state index contributed by atoms with van der Waals surface area (Å²) in [7, 11) is 0. The van der Waals surface area contributed by atoms with Crippen molar-refractivity contribution in [2.24, 2.45) is 0 Å². The van der Waals surface area contributed by atoms with Gasteiger partial charge in [0.05, 0.1) is 0 Å². The van der Waals surface area contributed by atoms with E-state index in [4.69, 9.17) is 0 Å². The molecule has 24 heavy (non-hydrogen) atoms. The lowest BCUT2D eigenvalue weighted by Crippen LogP contribution is -2.35. The van der Waals surface area contributed by atoms with Crippen molar-refractivity contribution in [2.75, 3.05) is 6.54 Å². The van der Waals surface area contributed by atoms with Crippen LogP contribution in [-0.2, 0) is 4.79 Å². The molecule has 1 heterocycles. The van der Waals surface area contributed by atoms with Crippen LogP contribution in [0.15, 0.2) is 60.6 Å². The minimum absolute atomic E-state index is 0.202. The van der Waals surface area contributed by atoms with E-state index >= 15 is 0 Å². The Morgan fingerprint density at radius 2 is 1.92 bits per heavy atom. The number of nitrogens with zero attached hydrogens (tertiary/aromatic N) is 1. The Bertz CT molecular complexity index is 697. The first-order chi connectivity index (χ1) is 11.7. The lowest BCUT2D eigenvalue weighted by molar-refractivity contribution is -0.117. The molecule has 0 aliphatic rings. The summed E-state index contributed by atoms with van der Waals surface area (Å²) < 4.78 is 0. The van der Waals surface area contributed by atoms with Crippen molar-refractivity contribution in [3.05, 3.63) is 71.7 Å². The summed E-state index contributed by atoms with van der Waals surface area (Å²) in [6.45, 7) is 2.62. The van der Waals surface area contributed by atoms with Crippen molar-refractivity contribution in [2.45, 2.75) is 19.8 Å². The molecular formula is C19H21N3O2. The van der Waals surface area contributed by atoms with Crippen LogP contribution in [0.4, 0.5) is 0 Å². The molecule has 0 spiro atoms. The number of aromatic nitrogens is 1. The highest BCUT2D eigenvalue weighted by Gasteiger charge is 2.14. The predicted molar refractivity (Wildman–Crippen MR) is 94.0 cm³/mol. The van der Waals surface area contributed by atoms with Crippen LogP contribution >= 0.6 is 0 Å². The molecule has 0 atom stereocenters. The Balaban J connectivity index is 2.17. The number of rotatable bonds is 7. The first-order valence-electron chi connectivity index (χ1n) is 7.97. The third-order valence-electron chi connectivity index (χ3n) is 3.34. The van der Waals surface area contributed by atoms with E-state index in [1.807, 2.05) is 12.1 Å². The number of amides is 2. The quantitative estimate of drug-likeness (QED) is 0.608. The lowest BCUT2D eigenvalue weighted by Gasteiger charge is -2.11. The van der Waals surface area contributed by atoms with Crippen molar-refractivity contribution in [1.82, 2.24) is 15.6 Å². The number of unbranched alkanes of at least 4 members (excludes halogenated alkanes) is 1. The SMILES string of the molecule is CCCCNC(=O)/C(=C\c1cccnc1)NC(=O)c1ccccc1. The van der Waals surface area contributed by atoms with Crippen molar-refractivity contribution in [1.29, 1.82) is 0 Å². The molecule has 2 N–H and O–H groups in total. The first kappa shape index (κ1) is 17.4. The van der Waals surface area contributed by atoms with E-state index in [2.05, 4.69) is 22.5 Å². The van der Waals surface area contributed by atoms with E-state index in [1.54, 1.807) is 48.8 Å². The van der Waals surface area contributed by atoms with Crippen LogP contribution in [0, 0.1) is 0 Å². The van der Waals surface area contributed by atoms with Gasteiger partial charge in [0.25, 0.3) is 11.8 Å². The van der Waals surface area contributed by atoms with Gasteiger partial charge in [-0.1, -0.05) is 37.6 Å². The van der Waals surface area contributed by atoms with Crippen molar-refractivity contribution >= 4 is 17.9 Å². The highest BCUT2D eigenvalue weighted by atomic mass is 16.2. The summed E-state index contributed by atoms with van der Waals surface area (Å²) in [4.78, 5) is 28.7. The second-order valence-electron chi connectivity index (χ2n) is 5.27. The van der Waals surface area contributed by atoms with Crippen molar-refractivity contribution in [3.8, 4) is 0 Å². The molecule has 0 radical (unpaired) electrons. The van der Waals surface area contributed by atoms with E-state index in [0.717, 1.165) is 18.4 Å². The molecule has 5 heteroatoms. The summed E-state index contributed by atoms with van der Waals surface area (Å²) in [5.74, 6) is -0.632. The Hall–Kier alpha value is -2.95. The molecule has 124 valence electrons. The molecule has 0 bridgehead atoms. The number of pyridine rings is 1. The summed E-state index contributed by atoms with van der Waals surface area (Å²) in [6, 6.07) is 12.4. The minimum Gasteiger partial charge on any atom is -0.351 e. The van der Waals surface area contributed by atoms with Crippen molar-refractivity contribution in [3.63, 3.8) is 0 Å². The summed E-state index contributed by atoms with van der Waals surface area (Å²) in [5.41, 5.74) is 1.44. The van der Waals surface area contributed by atoms with Crippen LogP contribution < -0.4 is 10.6 Å². The standard InChI is InChI=1S/C19H21N3O2/c1-2-3-12-21-19(24)17(13-15-8-7-11-20-14-15)22-18(23)16-9-5-4-6-10-16/h4-11,13-14H,2-3,12H2,1H3,(H,21,24)(H,22,23)/b17-13+. The number of hydrogen-bond acceptors (Lipinski definition) is 3. The van der Waals surface area contributed by atoms with Gasteiger partial charge in [0.15, 0.2) is 0 Å². The maximum absolute atomic E-state index is 12.4. The molecule has 0 aliphatic heterocycles. The fourth-order valence-corrected chi connectivity index (χ4v) is 2.04. The van der Waals surface area contributed by atoms with E-state index in [0.29, 0.717) is 12.1 Å². The van der Waals surface area contributed by atoms with Crippen LogP contribution in [-0.4, -0.2) is 23.3 Å². The maximum atomic E-state index is 12.4. The number of benzene rings is 1. The molecule has 5 nitrogen and oxygen atoms in total. The van der Waals surface area contributed by atoms with Gasteiger partial charge in [-0.15, -0.1) is 0 Å². The largest absolute Gasteiger partial charge is 0.351 e. The Morgan fingerprint density at radius 3 is 2.58 bits per heavy atom. The normalized spacial score (nSPS) is 11.0. The molecule has 0 aliphatic carbocycles. The van der Waals surface area contributed by atoms with E-state index < -0.39 is 0 Å². The molecule has 2 amide bonds. The van der Waals surface area contributed by atoms with Crippen LogP contribution in [0.25, 0.3) is 6.08 Å². The lowest BCUT2D eigenvalue weighted by atomic mass is 10.2. The van der Waals surface area contributed by atoms with Gasteiger partial charge in [-0.2, -0.15) is 0 Å². The molecule has 2 aromatic rings. The summed E-state index contributed by atoms with van der Waals surface area (Å²) in [5, 5.41) is 5.51. The second kappa shape index (κ2) is 9.25. The Labute approximate surface area is 141 Å². The van der Waals surface area contributed by atoms with E-state index in [1.165, 1.54) is 0 Å². The zero-order valence-corrected chi connectivity index (χ0v) is 13.7. The molecule has 1 aromatic carbocycles. The molecule has 0 unspecified atom stereocenters. The Kier molecular flexibility index (Phi) is 6.71. The van der Waals surface area contributed by atoms with Crippen LogP contribution in [0.2, 0.25) is 0 Å². The molecule has 0 saturated carbocycles. The molecule has 0 fully saturated rings. The Morgan fingerprint density at radius 1 is 1.12 bits per heavy atom. The smallest absolute Gasteiger partial charge is 0.267 e. The topological polar surface area (TPSA) is 71.1 Å². The number of hydrogen-bond donors (Lipinski definition) is 2. The van der Waals surface area contributed by atoms with Gasteiger partial charge in [0, 0.05) is 24.5 Å². The van der Waals surface area contributed by atoms with E-state index in [-0.39, 0.29) is 17.5 Å². The van der Waals surface area contributed by atoms with Crippen LogP contribution in [0.1, 0.15) is 35.7 Å². The zero-order chi connectivity index (χ0) is 17.2. The monoisotopic (exact) mass is 323 g/mol. The van der Waals surface area contributed by atoms with Gasteiger partial charge in [-0.3, -0.25) is 14.6 Å². The van der Waals surface area contributed by atoms with Gasteiger partial charge in [0.1, 0.15) is 5.70 Å². The van der Waals surface area contributed by atoms with Crippen molar-refractivity contribution < 1.29 is 9.59 Å². The second-order valence-corrected chi connectivity index (χ2v) is 5.27. The molecule has 0 saturated heterocycles. The van der Waals surface area contributed by atoms with Gasteiger partial charge >= 0.3 is 0 Å². The molecule has 1 aromatic heterocycles. The average molecular weight is 323 g/mol. The average Bonchev–Trinajstić information content (AvgIpc) is 2.63. The highest BCUT2D eigenvalue weighted by molar-refractivity contribution is 6.05. The van der Waals surface area contributed by atoms with Gasteiger partial charge in [0.2, 0.25) is 0 Å². The van der Waals surface area contributed by atoms with E-state index in [9.17, 15) is 9.59 Å². The maximum Gasteiger partial charge on any atom is 0.267 e. The number of carbonyl (C=O) groups excluding carboxylic acids is 2. The predicted octanol–water partition coefficient (Wildman–Crippen LogP) is 2.77. The fourth-order valence-electron chi connectivity index (χ4n) is 2.04. The van der Waals surface area contributed by atoms with Gasteiger partial charge < -0.3 is 10.6 Å². The van der Waals surface area contributed by atoms with Gasteiger partial charge in [-0.25, -0.2) is 0 Å². The third-order valence-corrected chi connectivity index (χ3v) is 3.34. The highest BCUT2D eigenvalue weighted by Crippen LogP contribution is 2.06. The minimum atomic E-state index is -0.323.